The number of fused-ring (bicyclic) bond motifs is 1. The SMILES string of the molecule is CNC[C@@H]1C[C@H]2C=C3[C@@]4(CCC=O)[C@H](CCC[C@]45CC[C@H]4C(C)(C)[C@@H](O[C@@H]6O[C@H](C(=O)O)[C@@H](O)[C@H](O)[C@H]6O)C[C@@H]1[C@]4(C)[C@@H]25)C[C@@]1(C(=O)O)[C@H](COC)C[C@]2(C)CC=C[C@]31[C@@H]2O. The lowest BCUT2D eigenvalue weighted by molar-refractivity contribution is -0.341. The van der Waals surface area contributed by atoms with Crippen molar-refractivity contribution in [3.8, 4) is 0 Å². The third-order valence-corrected chi connectivity index (χ3v) is 20.3. The van der Waals surface area contributed by atoms with Crippen molar-refractivity contribution in [2.45, 2.75) is 148 Å². The molecular formula is C48H71NO12. The van der Waals surface area contributed by atoms with Crippen LogP contribution in [0.25, 0.3) is 0 Å². The number of aliphatic hydroxyl groups excluding tert-OH is 4. The Balaban J connectivity index is 1.23. The highest BCUT2D eigenvalue weighted by molar-refractivity contribution is 5.80. The number of aldehydes is 1. The zero-order valence-electron chi connectivity index (χ0n) is 36.9. The lowest BCUT2D eigenvalue weighted by Crippen LogP contribution is -2.78. The molecule has 8 aliphatic carbocycles. The van der Waals surface area contributed by atoms with Crippen molar-refractivity contribution in [2.24, 2.45) is 79.3 Å². The van der Waals surface area contributed by atoms with E-state index in [9.17, 15) is 45.0 Å². The average Bonchev–Trinajstić information content (AvgIpc) is 3.19. The van der Waals surface area contributed by atoms with Crippen LogP contribution in [0.5, 0.6) is 0 Å². The third-order valence-electron chi connectivity index (χ3n) is 20.3. The summed E-state index contributed by atoms with van der Waals surface area (Å²) in [7, 11) is 3.63. The summed E-state index contributed by atoms with van der Waals surface area (Å²) in [6.07, 6.45) is 6.63. The molecule has 1 aliphatic heterocycles. The summed E-state index contributed by atoms with van der Waals surface area (Å²) in [6, 6.07) is 0. The van der Waals surface area contributed by atoms with Gasteiger partial charge in [0.1, 0.15) is 24.6 Å². The maximum Gasteiger partial charge on any atom is 0.335 e. The van der Waals surface area contributed by atoms with Crippen molar-refractivity contribution in [1.82, 2.24) is 5.32 Å². The van der Waals surface area contributed by atoms with Gasteiger partial charge in [-0.3, -0.25) is 4.79 Å². The molecule has 0 radical (unpaired) electrons. The fraction of sp³-hybridized carbons (Fsp3) is 0.854. The Labute approximate surface area is 360 Å². The number of methoxy groups -OCH3 is 1. The van der Waals surface area contributed by atoms with Crippen LogP contribution in [-0.4, -0.2) is 119 Å². The summed E-state index contributed by atoms with van der Waals surface area (Å²) < 4.78 is 18.4. The number of allylic oxidation sites excluding steroid dienone is 2. The van der Waals surface area contributed by atoms with Crippen LogP contribution in [0.15, 0.2) is 23.8 Å². The molecule has 20 atom stereocenters. The Morgan fingerprint density at radius 3 is 2.43 bits per heavy atom. The molecule has 0 amide bonds. The Kier molecular flexibility index (Phi) is 10.6. The van der Waals surface area contributed by atoms with Crippen LogP contribution in [0.2, 0.25) is 0 Å². The average molecular weight is 854 g/mol. The molecule has 61 heavy (non-hydrogen) atoms. The van der Waals surface area contributed by atoms with E-state index in [-0.39, 0.29) is 52.3 Å². The van der Waals surface area contributed by atoms with E-state index in [2.05, 4.69) is 51.2 Å². The van der Waals surface area contributed by atoms with E-state index in [1.807, 2.05) is 7.05 Å². The first-order chi connectivity index (χ1) is 28.8. The van der Waals surface area contributed by atoms with Crippen molar-refractivity contribution in [3.63, 3.8) is 0 Å². The maximum atomic E-state index is 14.5. The van der Waals surface area contributed by atoms with Crippen LogP contribution in [0.1, 0.15) is 105 Å². The summed E-state index contributed by atoms with van der Waals surface area (Å²) in [5, 5.41) is 70.7. The molecule has 7 N–H and O–H groups in total. The molecule has 2 spiro atoms. The summed E-state index contributed by atoms with van der Waals surface area (Å²) in [5.74, 6) is -1.91. The minimum atomic E-state index is -1.81. The van der Waals surface area contributed by atoms with Crippen LogP contribution in [-0.2, 0) is 28.6 Å². The molecule has 1 heterocycles. The molecule has 340 valence electrons. The van der Waals surface area contributed by atoms with E-state index in [1.54, 1.807) is 7.11 Å². The standard InChI is InChI=1S/C48H71NO12/c1-42(2)30-11-16-45-13-7-10-27-22-48(41(57)58)28(24-59-6)21-43(3)12-8-14-47(48,40(43)56)31(46(27,45)15-9-17-50)19-25-18-26(23-49-5)29(44(30,4)37(25)45)20-32(42)60-39-35(53)33(51)34(52)36(61-39)38(54)55/h8,14,17,19,25-30,32-37,39-40,49,51-53,56H,7,9-13,15-16,18,20-24H2,1-6H3,(H,54,55)(H,57,58)/t25-,26-,27+,28-,29-,30-,32-,33-,34-,35+,36-,37+,39+,40+,43-,44-,45+,46+,47+,48-/m0/s1. The maximum absolute atomic E-state index is 14.5. The van der Waals surface area contributed by atoms with Gasteiger partial charge in [0.25, 0.3) is 0 Å². The van der Waals surface area contributed by atoms with Gasteiger partial charge in [-0.1, -0.05) is 57.9 Å². The van der Waals surface area contributed by atoms with Crippen LogP contribution >= 0.6 is 0 Å². The first-order valence-corrected chi connectivity index (χ1v) is 23.3. The van der Waals surface area contributed by atoms with Crippen molar-refractivity contribution in [2.75, 3.05) is 27.3 Å². The van der Waals surface area contributed by atoms with Gasteiger partial charge in [0, 0.05) is 24.9 Å². The van der Waals surface area contributed by atoms with E-state index in [0.717, 1.165) is 56.9 Å². The van der Waals surface area contributed by atoms with Crippen LogP contribution in [0.4, 0.5) is 0 Å². The van der Waals surface area contributed by atoms with Gasteiger partial charge in [0.05, 0.1) is 29.6 Å². The molecule has 9 aliphatic rings. The van der Waals surface area contributed by atoms with Gasteiger partial charge in [-0.25, -0.2) is 4.79 Å². The molecule has 0 aromatic heterocycles. The second-order valence-electron chi connectivity index (χ2n) is 22.5. The Morgan fingerprint density at radius 1 is 1.00 bits per heavy atom. The highest BCUT2D eigenvalue weighted by Crippen LogP contribution is 2.86. The molecule has 1 saturated heterocycles. The third kappa shape index (κ3) is 5.32. The van der Waals surface area contributed by atoms with Crippen molar-refractivity contribution in [1.29, 1.82) is 0 Å². The van der Waals surface area contributed by atoms with Gasteiger partial charge in [0.15, 0.2) is 12.4 Å². The number of aliphatic carboxylic acids is 2. The highest BCUT2D eigenvalue weighted by atomic mass is 16.7. The smallest absolute Gasteiger partial charge is 0.335 e. The van der Waals surface area contributed by atoms with Crippen LogP contribution in [0, 0.1) is 79.3 Å². The molecule has 9 rings (SSSR count). The van der Waals surface area contributed by atoms with E-state index < -0.39 is 81.9 Å². The largest absolute Gasteiger partial charge is 0.481 e. The van der Waals surface area contributed by atoms with Gasteiger partial charge < -0.3 is 55.0 Å². The predicted molar refractivity (Wildman–Crippen MR) is 221 cm³/mol. The van der Waals surface area contributed by atoms with Gasteiger partial charge in [0.2, 0.25) is 0 Å². The normalized spacial score (nSPS) is 53.7. The monoisotopic (exact) mass is 853 g/mol. The van der Waals surface area contributed by atoms with Gasteiger partial charge in [-0.2, -0.15) is 0 Å². The first kappa shape index (κ1) is 44.0. The number of hydrogen-bond acceptors (Lipinski definition) is 11. The number of hydrogen-bond donors (Lipinski definition) is 7. The number of carboxylic acid groups (broad SMARTS) is 2. The summed E-state index contributed by atoms with van der Waals surface area (Å²) in [6.45, 7) is 10.1. The number of ether oxygens (including phenoxy) is 3. The van der Waals surface area contributed by atoms with Gasteiger partial charge in [-0.15, -0.1) is 0 Å². The summed E-state index contributed by atoms with van der Waals surface area (Å²) in [5.41, 5.74) is -3.43. The van der Waals surface area contributed by atoms with Gasteiger partial charge in [-0.05, 0) is 135 Å². The Morgan fingerprint density at radius 2 is 1.75 bits per heavy atom. The van der Waals surface area contributed by atoms with Crippen molar-refractivity contribution < 1.29 is 59.2 Å². The van der Waals surface area contributed by atoms with E-state index in [4.69, 9.17) is 14.2 Å². The van der Waals surface area contributed by atoms with Crippen molar-refractivity contribution in [3.05, 3.63) is 23.8 Å². The Bertz CT molecular complexity index is 1850. The quantitative estimate of drug-likeness (QED) is 0.0877. The molecule has 13 heteroatoms. The summed E-state index contributed by atoms with van der Waals surface area (Å²) in [4.78, 5) is 39.3. The molecule has 2 bridgehead atoms. The topological polar surface area (TPSA) is 212 Å². The second kappa shape index (κ2) is 14.6. The molecule has 13 nitrogen and oxygen atoms in total. The fourth-order valence-electron chi connectivity index (χ4n) is 18.6. The van der Waals surface area contributed by atoms with Crippen LogP contribution < -0.4 is 5.32 Å². The highest BCUT2D eigenvalue weighted by Gasteiger charge is 2.83. The minimum absolute atomic E-state index is 0.00317. The zero-order chi connectivity index (χ0) is 43.9. The first-order valence-electron chi connectivity index (χ1n) is 23.3. The van der Waals surface area contributed by atoms with E-state index >= 15 is 0 Å². The number of carbonyl (C=O) groups excluding carboxylic acids is 1. The number of nitrogens with one attached hydrogen (secondary N) is 1. The lowest BCUT2D eigenvalue weighted by atomic mass is 9.22. The fourth-order valence-corrected chi connectivity index (χ4v) is 18.6. The summed E-state index contributed by atoms with van der Waals surface area (Å²) >= 11 is 0. The predicted octanol–water partition coefficient (Wildman–Crippen LogP) is 4.34. The van der Waals surface area contributed by atoms with E-state index in [1.165, 1.54) is 0 Å². The molecule has 0 unspecified atom stereocenters. The molecule has 0 aromatic rings. The van der Waals surface area contributed by atoms with Crippen molar-refractivity contribution >= 4 is 18.2 Å². The zero-order valence-corrected chi connectivity index (χ0v) is 36.9. The molecule has 0 aromatic carbocycles. The van der Waals surface area contributed by atoms with Crippen LogP contribution in [0.3, 0.4) is 0 Å². The second-order valence-corrected chi connectivity index (χ2v) is 22.5. The lowest BCUT2D eigenvalue weighted by Gasteiger charge is -2.81. The molecular weight excluding hydrogens is 783 g/mol. The number of aliphatic hydroxyl groups is 4. The number of carbonyl (C=O) groups is 3. The van der Waals surface area contributed by atoms with Gasteiger partial charge >= 0.3 is 11.9 Å². The van der Waals surface area contributed by atoms with E-state index in [0.29, 0.717) is 45.1 Å². The molecule has 7 fully saturated rings. The minimum Gasteiger partial charge on any atom is -0.481 e. The number of rotatable bonds is 11. The number of carboxylic acids is 2. The molecule has 6 saturated carbocycles. The Hall–Kier alpha value is -2.23.